The third-order valence-electron chi connectivity index (χ3n) is 6.84. The minimum atomic E-state index is -0.977. The van der Waals surface area contributed by atoms with Crippen molar-refractivity contribution in [1.82, 2.24) is 4.90 Å². The summed E-state index contributed by atoms with van der Waals surface area (Å²) in [5.74, 6) is 0.368. The Hall–Kier alpha value is -3.58. The van der Waals surface area contributed by atoms with Crippen molar-refractivity contribution in [3.63, 3.8) is 0 Å². The summed E-state index contributed by atoms with van der Waals surface area (Å²) in [6, 6.07) is 24.0. The Kier molecular flexibility index (Phi) is 11.2. The first-order valence-electron chi connectivity index (χ1n) is 13.6. The van der Waals surface area contributed by atoms with Gasteiger partial charge in [-0.1, -0.05) is 78.4 Å². The van der Waals surface area contributed by atoms with E-state index in [2.05, 4.69) is 29.2 Å². The fraction of sp³-hybridized carbons (Fsp3) is 0.303. The van der Waals surface area contributed by atoms with Crippen molar-refractivity contribution in [2.24, 2.45) is 0 Å². The molecule has 0 bridgehead atoms. The Labute approximate surface area is 241 Å². The number of carboxylic acid groups (broad SMARTS) is 1. The van der Waals surface area contributed by atoms with E-state index in [0.29, 0.717) is 18.1 Å². The van der Waals surface area contributed by atoms with Gasteiger partial charge in [0.05, 0.1) is 19.8 Å². The molecule has 3 aromatic carbocycles. The number of allylic oxidation sites excluding steroid dienone is 2. The first-order valence-corrected chi connectivity index (χ1v) is 14.0. The van der Waals surface area contributed by atoms with Crippen LogP contribution in [-0.4, -0.2) is 55.4 Å². The molecule has 1 aliphatic rings. The molecule has 40 heavy (non-hydrogen) atoms. The Balaban J connectivity index is 1.22. The third kappa shape index (κ3) is 8.98. The summed E-state index contributed by atoms with van der Waals surface area (Å²) in [6.45, 7) is 3.54. The van der Waals surface area contributed by atoms with Crippen molar-refractivity contribution >= 4 is 23.6 Å². The monoisotopic (exact) mass is 561 g/mol. The second-order valence-corrected chi connectivity index (χ2v) is 10.1. The van der Waals surface area contributed by atoms with E-state index in [0.717, 1.165) is 66.7 Å². The molecule has 0 radical (unpaired) electrons. The van der Waals surface area contributed by atoms with Crippen LogP contribution < -0.4 is 9.47 Å². The number of hydrogen-bond acceptors (Lipinski definition) is 5. The summed E-state index contributed by atoms with van der Waals surface area (Å²) >= 11 is 6.13. The van der Waals surface area contributed by atoms with E-state index < -0.39 is 5.97 Å². The molecule has 210 valence electrons. The highest BCUT2D eigenvalue weighted by atomic mass is 35.5. The molecule has 0 spiro atoms. The van der Waals surface area contributed by atoms with E-state index in [9.17, 15) is 4.79 Å². The lowest BCUT2D eigenvalue weighted by molar-refractivity contribution is -0.131. The zero-order valence-electron chi connectivity index (χ0n) is 22.7. The standard InChI is InChI=1S/C33H36ClNO5/c1-38-31-24-25(8-5-6-11-32(36)37)12-17-30(31)39-23-7-20-35-21-18-29(19-22-35)40-33(26-9-3-2-4-10-26)27-13-15-28(34)16-14-27/h2-6,8-17,24,29,33H,7,18-23H2,1H3,(H,36,37). The number of rotatable bonds is 13. The van der Waals surface area contributed by atoms with Crippen LogP contribution in [0.2, 0.25) is 5.02 Å². The van der Waals surface area contributed by atoms with Gasteiger partial charge in [0.25, 0.3) is 0 Å². The predicted octanol–water partition coefficient (Wildman–Crippen LogP) is 7.04. The van der Waals surface area contributed by atoms with Gasteiger partial charge < -0.3 is 24.2 Å². The molecule has 1 atom stereocenters. The number of nitrogens with zero attached hydrogens (tertiary/aromatic N) is 1. The zero-order chi connectivity index (χ0) is 28.2. The fourth-order valence-corrected chi connectivity index (χ4v) is 4.88. The molecular formula is C33H36ClNO5. The van der Waals surface area contributed by atoms with Crippen LogP contribution in [0, 0.1) is 0 Å². The molecule has 0 aromatic heterocycles. The van der Waals surface area contributed by atoms with Gasteiger partial charge >= 0.3 is 5.97 Å². The van der Waals surface area contributed by atoms with E-state index in [1.165, 1.54) is 6.08 Å². The summed E-state index contributed by atoms with van der Waals surface area (Å²) in [7, 11) is 1.61. The number of benzene rings is 3. The molecule has 6 nitrogen and oxygen atoms in total. The largest absolute Gasteiger partial charge is 0.493 e. The first-order chi connectivity index (χ1) is 19.5. The minimum Gasteiger partial charge on any atom is -0.493 e. The maximum Gasteiger partial charge on any atom is 0.328 e. The number of hydrogen-bond donors (Lipinski definition) is 1. The maximum absolute atomic E-state index is 10.6. The molecule has 0 aliphatic carbocycles. The molecule has 4 rings (SSSR count). The van der Waals surface area contributed by atoms with Gasteiger partial charge in [0.2, 0.25) is 0 Å². The molecular weight excluding hydrogens is 526 g/mol. The molecule has 1 fully saturated rings. The number of aliphatic carboxylic acids is 1. The molecule has 3 aromatic rings. The van der Waals surface area contributed by atoms with Gasteiger partial charge in [-0.05, 0) is 60.2 Å². The van der Waals surface area contributed by atoms with Crippen molar-refractivity contribution in [3.8, 4) is 11.5 Å². The summed E-state index contributed by atoms with van der Waals surface area (Å²) in [5.41, 5.74) is 3.17. The van der Waals surface area contributed by atoms with Gasteiger partial charge in [0, 0.05) is 30.7 Å². The average molecular weight is 562 g/mol. The quantitative estimate of drug-likeness (QED) is 0.137. The minimum absolute atomic E-state index is 0.110. The van der Waals surface area contributed by atoms with Crippen LogP contribution in [0.1, 0.15) is 42.1 Å². The Morgan fingerprint density at radius 2 is 1.73 bits per heavy atom. The molecule has 1 unspecified atom stereocenters. The molecule has 1 aliphatic heterocycles. The number of carbonyl (C=O) groups is 1. The smallest absolute Gasteiger partial charge is 0.328 e. The van der Waals surface area contributed by atoms with E-state index in [1.807, 2.05) is 54.6 Å². The molecule has 0 saturated carbocycles. The van der Waals surface area contributed by atoms with Crippen molar-refractivity contribution < 1.29 is 24.1 Å². The van der Waals surface area contributed by atoms with E-state index in [4.69, 9.17) is 30.9 Å². The van der Waals surface area contributed by atoms with Crippen molar-refractivity contribution in [2.75, 3.05) is 33.4 Å². The average Bonchev–Trinajstić information content (AvgIpc) is 2.98. The number of methoxy groups -OCH3 is 1. The van der Waals surface area contributed by atoms with Gasteiger partial charge in [-0.15, -0.1) is 0 Å². The van der Waals surface area contributed by atoms with Crippen LogP contribution in [0.3, 0.4) is 0 Å². The number of carboxylic acids is 1. The molecule has 1 heterocycles. The lowest BCUT2D eigenvalue weighted by Crippen LogP contribution is -2.38. The van der Waals surface area contributed by atoms with Gasteiger partial charge in [-0.2, -0.15) is 0 Å². The van der Waals surface area contributed by atoms with Crippen LogP contribution in [0.15, 0.2) is 91.0 Å². The Morgan fingerprint density at radius 3 is 2.42 bits per heavy atom. The lowest BCUT2D eigenvalue weighted by atomic mass is 10.00. The number of ether oxygens (including phenoxy) is 3. The normalized spacial score (nSPS) is 15.4. The molecule has 1 N–H and O–H groups in total. The topological polar surface area (TPSA) is 68.2 Å². The van der Waals surface area contributed by atoms with Gasteiger partial charge in [0.15, 0.2) is 11.5 Å². The zero-order valence-corrected chi connectivity index (χ0v) is 23.5. The highest BCUT2D eigenvalue weighted by Gasteiger charge is 2.24. The van der Waals surface area contributed by atoms with Crippen LogP contribution in [0.4, 0.5) is 0 Å². The highest BCUT2D eigenvalue weighted by molar-refractivity contribution is 6.30. The molecule has 0 amide bonds. The van der Waals surface area contributed by atoms with E-state index in [1.54, 1.807) is 13.2 Å². The van der Waals surface area contributed by atoms with E-state index in [-0.39, 0.29) is 12.2 Å². The maximum atomic E-state index is 10.6. The number of halogens is 1. The SMILES string of the molecule is COc1cc(C=CC=CC(=O)O)ccc1OCCCN1CCC(OC(c2ccccc2)c2ccc(Cl)cc2)CC1. The van der Waals surface area contributed by atoms with Gasteiger partial charge in [0.1, 0.15) is 6.10 Å². The van der Waals surface area contributed by atoms with Crippen molar-refractivity contribution in [2.45, 2.75) is 31.5 Å². The third-order valence-corrected chi connectivity index (χ3v) is 7.09. The van der Waals surface area contributed by atoms with Crippen molar-refractivity contribution in [3.05, 3.63) is 113 Å². The summed E-state index contributed by atoms with van der Waals surface area (Å²) in [6.07, 6.45) is 9.04. The van der Waals surface area contributed by atoms with E-state index >= 15 is 0 Å². The van der Waals surface area contributed by atoms with Crippen LogP contribution in [-0.2, 0) is 9.53 Å². The second kappa shape index (κ2) is 15.3. The number of piperidine rings is 1. The second-order valence-electron chi connectivity index (χ2n) is 9.69. The molecule has 7 heteroatoms. The highest BCUT2D eigenvalue weighted by Crippen LogP contribution is 2.31. The summed E-state index contributed by atoms with van der Waals surface area (Å²) < 4.78 is 18.2. The van der Waals surface area contributed by atoms with Gasteiger partial charge in [-0.3, -0.25) is 0 Å². The molecule has 1 saturated heterocycles. The summed E-state index contributed by atoms with van der Waals surface area (Å²) in [4.78, 5) is 13.0. The summed E-state index contributed by atoms with van der Waals surface area (Å²) in [5, 5.41) is 9.40. The van der Waals surface area contributed by atoms with Crippen LogP contribution in [0.25, 0.3) is 6.08 Å². The number of likely N-dealkylation sites (tertiary alicyclic amines) is 1. The fourth-order valence-electron chi connectivity index (χ4n) is 4.76. The predicted molar refractivity (Wildman–Crippen MR) is 159 cm³/mol. The Morgan fingerprint density at radius 1 is 1.00 bits per heavy atom. The first kappa shape index (κ1) is 29.4. The van der Waals surface area contributed by atoms with Gasteiger partial charge in [-0.25, -0.2) is 4.79 Å². The van der Waals surface area contributed by atoms with Crippen molar-refractivity contribution in [1.29, 1.82) is 0 Å². The Bertz CT molecular complexity index is 1270. The lowest BCUT2D eigenvalue weighted by Gasteiger charge is -2.34. The van der Waals surface area contributed by atoms with Crippen LogP contribution in [0.5, 0.6) is 11.5 Å². The van der Waals surface area contributed by atoms with Crippen LogP contribution >= 0.6 is 11.6 Å².